The number of carbonyl (C=O) groups is 1. The number of methoxy groups -OCH3 is 1. The average molecular weight is 253 g/mol. The van der Waals surface area contributed by atoms with Gasteiger partial charge in [0, 0.05) is 20.2 Å². The zero-order chi connectivity index (χ0) is 13.0. The fraction of sp³-hybridized carbons (Fsp3) is 0.727. The lowest BCUT2D eigenvalue weighted by molar-refractivity contribution is -0.0679. The third kappa shape index (κ3) is 2.68. The molecule has 18 heavy (non-hydrogen) atoms. The molecular weight excluding hydrogens is 234 g/mol. The second kappa shape index (κ2) is 5.45. The van der Waals surface area contributed by atoms with Gasteiger partial charge in [-0.3, -0.25) is 9.48 Å². The van der Waals surface area contributed by atoms with Gasteiger partial charge in [-0.1, -0.05) is 5.21 Å². The van der Waals surface area contributed by atoms with E-state index >= 15 is 0 Å². The molecule has 0 atom stereocenters. The van der Waals surface area contributed by atoms with Crippen LogP contribution in [0.15, 0.2) is 6.20 Å². The van der Waals surface area contributed by atoms with Crippen LogP contribution < -0.4 is 11.1 Å². The predicted octanol–water partition coefficient (Wildman–Crippen LogP) is -0.464. The zero-order valence-electron chi connectivity index (χ0n) is 10.6. The van der Waals surface area contributed by atoms with Crippen molar-refractivity contribution in [3.8, 4) is 0 Å². The SMILES string of the molecule is COC1(CNC(=O)c2cn(CCN)nn2)CCC1. The summed E-state index contributed by atoms with van der Waals surface area (Å²) in [6, 6.07) is 0. The number of ether oxygens (including phenoxy) is 1. The Morgan fingerprint density at radius 3 is 3.00 bits per heavy atom. The number of hydrogen-bond donors (Lipinski definition) is 2. The second-order valence-corrected chi connectivity index (χ2v) is 4.58. The molecule has 0 radical (unpaired) electrons. The molecule has 1 saturated carbocycles. The Hall–Kier alpha value is -1.47. The standard InChI is InChI=1S/C11H19N5O2/c1-18-11(3-2-4-11)8-13-10(17)9-7-16(6-5-12)15-14-9/h7H,2-6,8,12H2,1H3,(H,13,17). The fourth-order valence-electron chi connectivity index (χ4n) is 2.00. The zero-order valence-corrected chi connectivity index (χ0v) is 10.6. The Morgan fingerprint density at radius 1 is 1.67 bits per heavy atom. The van der Waals surface area contributed by atoms with Crippen molar-refractivity contribution in [1.29, 1.82) is 0 Å². The summed E-state index contributed by atoms with van der Waals surface area (Å²) in [4.78, 5) is 11.9. The molecule has 0 aliphatic heterocycles. The molecule has 1 heterocycles. The molecule has 3 N–H and O–H groups in total. The first-order chi connectivity index (χ1) is 8.69. The van der Waals surface area contributed by atoms with Gasteiger partial charge in [0.1, 0.15) is 0 Å². The molecule has 0 bridgehead atoms. The second-order valence-electron chi connectivity index (χ2n) is 4.58. The Labute approximate surface area is 106 Å². The molecule has 7 heteroatoms. The van der Waals surface area contributed by atoms with E-state index < -0.39 is 0 Å². The molecule has 100 valence electrons. The Kier molecular flexibility index (Phi) is 3.93. The summed E-state index contributed by atoms with van der Waals surface area (Å²) >= 11 is 0. The molecule has 1 aliphatic carbocycles. The third-order valence-electron chi connectivity index (χ3n) is 3.40. The first-order valence-corrected chi connectivity index (χ1v) is 6.13. The third-order valence-corrected chi connectivity index (χ3v) is 3.40. The maximum Gasteiger partial charge on any atom is 0.273 e. The van der Waals surface area contributed by atoms with Crippen LogP contribution in [0.25, 0.3) is 0 Å². The molecule has 1 aromatic heterocycles. The van der Waals surface area contributed by atoms with Crippen LogP contribution in [0.2, 0.25) is 0 Å². The van der Waals surface area contributed by atoms with E-state index in [0.29, 0.717) is 25.3 Å². The topological polar surface area (TPSA) is 95.1 Å². The fourth-order valence-corrected chi connectivity index (χ4v) is 2.00. The number of rotatable bonds is 6. The van der Waals surface area contributed by atoms with Crippen LogP contribution in [-0.2, 0) is 11.3 Å². The molecular formula is C11H19N5O2. The van der Waals surface area contributed by atoms with Crippen LogP contribution >= 0.6 is 0 Å². The summed E-state index contributed by atoms with van der Waals surface area (Å²) in [6.07, 6.45) is 4.73. The van der Waals surface area contributed by atoms with Crippen LogP contribution in [0.5, 0.6) is 0 Å². The van der Waals surface area contributed by atoms with E-state index in [2.05, 4.69) is 15.6 Å². The highest BCUT2D eigenvalue weighted by molar-refractivity contribution is 5.91. The molecule has 2 rings (SSSR count). The maximum atomic E-state index is 11.9. The predicted molar refractivity (Wildman–Crippen MR) is 65.0 cm³/mol. The highest BCUT2D eigenvalue weighted by Crippen LogP contribution is 2.34. The van der Waals surface area contributed by atoms with Gasteiger partial charge in [-0.2, -0.15) is 0 Å². The van der Waals surface area contributed by atoms with E-state index in [1.165, 1.54) is 0 Å². The number of nitrogens with zero attached hydrogens (tertiary/aromatic N) is 3. The van der Waals surface area contributed by atoms with Crippen molar-refractivity contribution in [3.63, 3.8) is 0 Å². The Bertz CT molecular complexity index is 408. The summed E-state index contributed by atoms with van der Waals surface area (Å²) in [6.45, 7) is 1.55. The van der Waals surface area contributed by atoms with Gasteiger partial charge in [0.25, 0.3) is 5.91 Å². The molecule has 1 fully saturated rings. The lowest BCUT2D eigenvalue weighted by atomic mass is 9.80. The van der Waals surface area contributed by atoms with Gasteiger partial charge in [0.05, 0.1) is 18.3 Å². The average Bonchev–Trinajstić information content (AvgIpc) is 2.77. The highest BCUT2D eigenvalue weighted by atomic mass is 16.5. The molecule has 1 amide bonds. The summed E-state index contributed by atoms with van der Waals surface area (Å²) < 4.78 is 6.99. The highest BCUT2D eigenvalue weighted by Gasteiger charge is 2.37. The van der Waals surface area contributed by atoms with Gasteiger partial charge >= 0.3 is 0 Å². The number of amides is 1. The van der Waals surface area contributed by atoms with Crippen molar-refractivity contribution in [2.45, 2.75) is 31.4 Å². The smallest absolute Gasteiger partial charge is 0.273 e. The van der Waals surface area contributed by atoms with Crippen molar-refractivity contribution in [1.82, 2.24) is 20.3 Å². The molecule has 0 aromatic carbocycles. The minimum absolute atomic E-state index is 0.178. The van der Waals surface area contributed by atoms with Crippen molar-refractivity contribution in [2.24, 2.45) is 5.73 Å². The van der Waals surface area contributed by atoms with Gasteiger partial charge in [0.15, 0.2) is 5.69 Å². The minimum atomic E-state index is -0.221. The van der Waals surface area contributed by atoms with Crippen LogP contribution in [0.1, 0.15) is 29.8 Å². The van der Waals surface area contributed by atoms with Crippen molar-refractivity contribution < 1.29 is 9.53 Å². The molecule has 0 spiro atoms. The first kappa shape index (κ1) is 13.0. The van der Waals surface area contributed by atoms with Crippen molar-refractivity contribution in [3.05, 3.63) is 11.9 Å². The van der Waals surface area contributed by atoms with E-state index in [0.717, 1.165) is 19.3 Å². The molecule has 1 aliphatic rings. The van der Waals surface area contributed by atoms with Gasteiger partial charge in [0.2, 0.25) is 0 Å². The maximum absolute atomic E-state index is 11.9. The van der Waals surface area contributed by atoms with E-state index in [9.17, 15) is 4.79 Å². The summed E-state index contributed by atoms with van der Waals surface area (Å²) in [5.41, 5.74) is 5.54. The summed E-state index contributed by atoms with van der Waals surface area (Å²) in [5, 5.41) is 10.5. The number of aromatic nitrogens is 3. The molecule has 0 saturated heterocycles. The Morgan fingerprint density at radius 2 is 2.44 bits per heavy atom. The van der Waals surface area contributed by atoms with Gasteiger partial charge < -0.3 is 15.8 Å². The number of nitrogens with two attached hydrogens (primary N) is 1. The summed E-state index contributed by atoms with van der Waals surface area (Å²) in [5.74, 6) is -0.221. The van der Waals surface area contributed by atoms with Crippen LogP contribution in [0, 0.1) is 0 Å². The van der Waals surface area contributed by atoms with E-state index in [4.69, 9.17) is 10.5 Å². The first-order valence-electron chi connectivity index (χ1n) is 6.13. The van der Waals surface area contributed by atoms with Gasteiger partial charge in [-0.25, -0.2) is 0 Å². The van der Waals surface area contributed by atoms with Gasteiger partial charge in [-0.15, -0.1) is 5.10 Å². The number of hydrogen-bond acceptors (Lipinski definition) is 5. The van der Waals surface area contributed by atoms with Gasteiger partial charge in [-0.05, 0) is 19.3 Å². The molecule has 1 aromatic rings. The minimum Gasteiger partial charge on any atom is -0.376 e. The lowest BCUT2D eigenvalue weighted by Crippen LogP contribution is -2.49. The lowest BCUT2D eigenvalue weighted by Gasteiger charge is -2.40. The van der Waals surface area contributed by atoms with Crippen LogP contribution in [0.4, 0.5) is 0 Å². The van der Waals surface area contributed by atoms with Crippen molar-refractivity contribution in [2.75, 3.05) is 20.2 Å². The largest absolute Gasteiger partial charge is 0.376 e. The number of carbonyl (C=O) groups excluding carboxylic acids is 1. The van der Waals surface area contributed by atoms with Crippen LogP contribution in [0.3, 0.4) is 0 Å². The quantitative estimate of drug-likeness (QED) is 0.715. The van der Waals surface area contributed by atoms with E-state index in [1.807, 2.05) is 0 Å². The molecule has 0 unspecified atom stereocenters. The van der Waals surface area contributed by atoms with Crippen LogP contribution in [-0.4, -0.2) is 46.7 Å². The van der Waals surface area contributed by atoms with Crippen molar-refractivity contribution >= 4 is 5.91 Å². The van der Waals surface area contributed by atoms with E-state index in [1.54, 1.807) is 18.0 Å². The van der Waals surface area contributed by atoms with E-state index in [-0.39, 0.29) is 11.5 Å². The number of nitrogens with one attached hydrogen (secondary N) is 1. The normalized spacial score (nSPS) is 17.2. The Balaban J connectivity index is 1.87. The summed E-state index contributed by atoms with van der Waals surface area (Å²) in [7, 11) is 1.68. The molecule has 7 nitrogen and oxygen atoms in total. The monoisotopic (exact) mass is 253 g/mol.